The predicted molar refractivity (Wildman–Crippen MR) is 68.5 cm³/mol. The van der Waals surface area contributed by atoms with Gasteiger partial charge in [-0.05, 0) is 37.4 Å². The third-order valence-electron chi connectivity index (χ3n) is 2.61. The summed E-state index contributed by atoms with van der Waals surface area (Å²) >= 11 is 0. The minimum absolute atomic E-state index is 0.314. The van der Waals surface area contributed by atoms with E-state index in [0.29, 0.717) is 18.2 Å². The first-order chi connectivity index (χ1) is 9.50. The lowest BCUT2D eigenvalue weighted by atomic mass is 10.2. The largest absolute Gasteiger partial charge is 0.439 e. The molecule has 0 bridgehead atoms. The average molecular weight is 282 g/mol. The van der Waals surface area contributed by atoms with E-state index in [2.05, 4.69) is 10.3 Å². The lowest BCUT2D eigenvalue weighted by molar-refractivity contribution is -0.137. The van der Waals surface area contributed by atoms with E-state index in [-0.39, 0.29) is 0 Å². The molecule has 3 nitrogen and oxygen atoms in total. The molecule has 20 heavy (non-hydrogen) atoms. The van der Waals surface area contributed by atoms with Gasteiger partial charge in [-0.2, -0.15) is 13.2 Å². The fraction of sp³-hybridized carbons (Fsp3) is 0.214. The average Bonchev–Trinajstić information content (AvgIpc) is 2.41. The molecule has 1 N–H and O–H groups in total. The smallest absolute Gasteiger partial charge is 0.416 e. The van der Waals surface area contributed by atoms with Gasteiger partial charge in [0.25, 0.3) is 0 Å². The van der Waals surface area contributed by atoms with Gasteiger partial charge in [0.05, 0.1) is 5.56 Å². The summed E-state index contributed by atoms with van der Waals surface area (Å²) in [5.41, 5.74) is 0.121. The molecule has 106 valence electrons. The van der Waals surface area contributed by atoms with E-state index >= 15 is 0 Å². The highest BCUT2D eigenvalue weighted by Gasteiger charge is 2.30. The lowest BCUT2D eigenvalue weighted by Gasteiger charge is -2.11. The minimum Gasteiger partial charge on any atom is -0.439 e. The van der Waals surface area contributed by atoms with Gasteiger partial charge in [0, 0.05) is 18.3 Å². The van der Waals surface area contributed by atoms with Gasteiger partial charge in [-0.25, -0.2) is 4.98 Å². The van der Waals surface area contributed by atoms with E-state index in [0.717, 1.165) is 17.7 Å². The van der Waals surface area contributed by atoms with Crippen LogP contribution < -0.4 is 10.1 Å². The maximum atomic E-state index is 12.4. The van der Waals surface area contributed by atoms with E-state index < -0.39 is 11.7 Å². The van der Waals surface area contributed by atoms with Gasteiger partial charge in [0.15, 0.2) is 0 Å². The van der Waals surface area contributed by atoms with Crippen molar-refractivity contribution in [3.05, 3.63) is 53.7 Å². The summed E-state index contributed by atoms with van der Waals surface area (Å²) < 4.78 is 42.9. The molecule has 0 aliphatic heterocycles. The van der Waals surface area contributed by atoms with Gasteiger partial charge >= 0.3 is 6.18 Å². The second-order valence-corrected chi connectivity index (χ2v) is 4.12. The zero-order chi connectivity index (χ0) is 14.6. The number of alkyl halides is 3. The molecule has 0 aliphatic rings. The maximum Gasteiger partial charge on any atom is 0.416 e. The van der Waals surface area contributed by atoms with Crippen LogP contribution >= 0.6 is 0 Å². The van der Waals surface area contributed by atoms with Crippen molar-refractivity contribution in [3.8, 4) is 11.6 Å². The summed E-state index contributed by atoms with van der Waals surface area (Å²) in [6.07, 6.45) is -2.78. The van der Waals surface area contributed by atoms with E-state index in [1.165, 1.54) is 12.1 Å². The van der Waals surface area contributed by atoms with E-state index in [9.17, 15) is 13.2 Å². The van der Waals surface area contributed by atoms with Crippen LogP contribution in [0.1, 0.15) is 11.1 Å². The first-order valence-electron chi connectivity index (χ1n) is 5.94. The first kappa shape index (κ1) is 14.3. The van der Waals surface area contributed by atoms with Gasteiger partial charge < -0.3 is 10.1 Å². The third kappa shape index (κ3) is 3.48. The predicted octanol–water partition coefficient (Wildman–Crippen LogP) is 3.61. The number of halogens is 3. The summed E-state index contributed by atoms with van der Waals surface area (Å²) in [6, 6.07) is 8.13. The molecule has 0 fully saturated rings. The Morgan fingerprint density at radius 1 is 1.15 bits per heavy atom. The molecule has 1 heterocycles. The van der Waals surface area contributed by atoms with Crippen LogP contribution in [0, 0.1) is 0 Å². The molecule has 2 rings (SSSR count). The van der Waals surface area contributed by atoms with Crippen molar-refractivity contribution in [2.75, 3.05) is 7.05 Å². The number of aromatic nitrogens is 1. The zero-order valence-electron chi connectivity index (χ0n) is 10.7. The van der Waals surface area contributed by atoms with Crippen molar-refractivity contribution in [2.45, 2.75) is 12.7 Å². The van der Waals surface area contributed by atoms with Gasteiger partial charge in [-0.15, -0.1) is 0 Å². The van der Waals surface area contributed by atoms with Gasteiger partial charge in [-0.1, -0.05) is 6.07 Å². The summed E-state index contributed by atoms with van der Waals surface area (Å²) in [4.78, 5) is 4.08. The lowest BCUT2D eigenvalue weighted by Crippen LogP contribution is -2.07. The van der Waals surface area contributed by atoms with Crippen LogP contribution in [-0.2, 0) is 12.7 Å². The highest BCUT2D eigenvalue weighted by Crippen LogP contribution is 2.31. The standard InChI is InChI=1S/C14H13F3N2O/c1-18-9-10-3-2-8-19-13(10)20-12-6-4-11(5-7-12)14(15,16)17/h2-8,18H,9H2,1H3. The number of hydrogen-bond acceptors (Lipinski definition) is 3. The number of nitrogens with one attached hydrogen (secondary N) is 1. The first-order valence-corrected chi connectivity index (χ1v) is 5.94. The SMILES string of the molecule is CNCc1cccnc1Oc1ccc(C(F)(F)F)cc1. The Hall–Kier alpha value is -2.08. The van der Waals surface area contributed by atoms with E-state index in [1.807, 2.05) is 6.07 Å². The second kappa shape index (κ2) is 5.92. The number of benzene rings is 1. The summed E-state index contributed by atoms with van der Waals surface area (Å²) in [5, 5.41) is 2.97. The van der Waals surface area contributed by atoms with Crippen molar-refractivity contribution < 1.29 is 17.9 Å². The molecule has 1 aromatic heterocycles. The molecular formula is C14H13F3N2O. The molecule has 0 amide bonds. The highest BCUT2D eigenvalue weighted by molar-refractivity contribution is 5.34. The fourth-order valence-electron chi connectivity index (χ4n) is 1.66. The Balaban J connectivity index is 2.18. The highest BCUT2D eigenvalue weighted by atomic mass is 19.4. The van der Waals surface area contributed by atoms with Gasteiger partial charge in [0.1, 0.15) is 5.75 Å². The minimum atomic E-state index is -4.35. The maximum absolute atomic E-state index is 12.4. The second-order valence-electron chi connectivity index (χ2n) is 4.12. The van der Waals surface area contributed by atoms with Crippen molar-refractivity contribution in [1.82, 2.24) is 10.3 Å². The monoisotopic (exact) mass is 282 g/mol. The molecule has 0 radical (unpaired) electrons. The molecule has 0 aliphatic carbocycles. The number of pyridine rings is 1. The molecule has 0 atom stereocenters. The number of ether oxygens (including phenoxy) is 1. The summed E-state index contributed by atoms with van der Waals surface area (Å²) in [7, 11) is 1.79. The van der Waals surface area contributed by atoms with Crippen LogP contribution in [0.2, 0.25) is 0 Å². The van der Waals surface area contributed by atoms with Crippen molar-refractivity contribution >= 4 is 0 Å². The summed E-state index contributed by atoms with van der Waals surface area (Å²) in [5.74, 6) is 0.690. The Morgan fingerprint density at radius 2 is 1.85 bits per heavy atom. The van der Waals surface area contributed by atoms with Crippen molar-refractivity contribution in [1.29, 1.82) is 0 Å². The summed E-state index contributed by atoms with van der Waals surface area (Å²) in [6.45, 7) is 0.559. The van der Waals surface area contributed by atoms with Crippen LogP contribution in [-0.4, -0.2) is 12.0 Å². The van der Waals surface area contributed by atoms with Crippen molar-refractivity contribution in [3.63, 3.8) is 0 Å². The topological polar surface area (TPSA) is 34.2 Å². The molecule has 6 heteroatoms. The Kier molecular flexibility index (Phi) is 4.24. The Morgan fingerprint density at radius 3 is 2.45 bits per heavy atom. The van der Waals surface area contributed by atoms with Crippen LogP contribution in [0.5, 0.6) is 11.6 Å². The number of rotatable bonds is 4. The number of nitrogens with zero attached hydrogens (tertiary/aromatic N) is 1. The van der Waals surface area contributed by atoms with Gasteiger partial charge in [-0.3, -0.25) is 0 Å². The van der Waals surface area contributed by atoms with E-state index in [4.69, 9.17) is 4.74 Å². The Labute approximate surface area is 114 Å². The molecule has 2 aromatic rings. The molecule has 1 aromatic carbocycles. The molecule has 0 saturated carbocycles. The molecule has 0 spiro atoms. The van der Waals surface area contributed by atoms with Crippen LogP contribution in [0.25, 0.3) is 0 Å². The van der Waals surface area contributed by atoms with E-state index in [1.54, 1.807) is 19.3 Å². The fourth-order valence-corrected chi connectivity index (χ4v) is 1.66. The number of hydrogen-bond donors (Lipinski definition) is 1. The quantitative estimate of drug-likeness (QED) is 0.930. The molecular weight excluding hydrogens is 269 g/mol. The molecule has 0 saturated heterocycles. The normalized spacial score (nSPS) is 11.4. The van der Waals surface area contributed by atoms with Gasteiger partial charge in [0.2, 0.25) is 5.88 Å². The van der Waals surface area contributed by atoms with Crippen LogP contribution in [0.3, 0.4) is 0 Å². The van der Waals surface area contributed by atoms with Crippen LogP contribution in [0.15, 0.2) is 42.6 Å². The van der Waals surface area contributed by atoms with Crippen LogP contribution in [0.4, 0.5) is 13.2 Å². The third-order valence-corrected chi connectivity index (χ3v) is 2.61. The zero-order valence-corrected chi connectivity index (χ0v) is 10.7. The van der Waals surface area contributed by atoms with Crippen molar-refractivity contribution in [2.24, 2.45) is 0 Å². The molecule has 0 unspecified atom stereocenters. The Bertz CT molecular complexity index is 567.